The fourth-order valence-electron chi connectivity index (χ4n) is 2.56. The van der Waals surface area contributed by atoms with Gasteiger partial charge in [-0.25, -0.2) is 4.98 Å². The van der Waals surface area contributed by atoms with Gasteiger partial charge in [0.1, 0.15) is 0 Å². The standard InChI is InChI=1S/C16H12N4O/c17-14-2-1-3-15-13(14)5-7-20(15)16(21)11-4-6-19-10-18-9-12(19)8-11/h1-10H,17H2. The van der Waals surface area contributed by atoms with Gasteiger partial charge in [-0.05, 0) is 30.3 Å². The Balaban J connectivity index is 1.87. The lowest BCUT2D eigenvalue weighted by molar-refractivity contribution is 0.0965. The number of benzene rings is 1. The fraction of sp³-hybridized carbons (Fsp3) is 0. The third-order valence-corrected chi connectivity index (χ3v) is 3.65. The molecule has 0 aliphatic carbocycles. The van der Waals surface area contributed by atoms with E-state index in [1.165, 1.54) is 0 Å². The highest BCUT2D eigenvalue weighted by atomic mass is 16.2. The highest BCUT2D eigenvalue weighted by Gasteiger charge is 2.13. The molecule has 0 aliphatic heterocycles. The summed E-state index contributed by atoms with van der Waals surface area (Å²) in [4.78, 5) is 16.7. The molecule has 0 spiro atoms. The minimum Gasteiger partial charge on any atom is -0.398 e. The molecule has 3 aromatic heterocycles. The van der Waals surface area contributed by atoms with Crippen LogP contribution in [0.3, 0.4) is 0 Å². The summed E-state index contributed by atoms with van der Waals surface area (Å²) in [7, 11) is 0. The summed E-state index contributed by atoms with van der Waals surface area (Å²) in [5, 5.41) is 0.885. The molecule has 5 heteroatoms. The van der Waals surface area contributed by atoms with Crippen molar-refractivity contribution in [3.63, 3.8) is 0 Å². The van der Waals surface area contributed by atoms with Crippen LogP contribution in [0.4, 0.5) is 5.69 Å². The van der Waals surface area contributed by atoms with Crippen molar-refractivity contribution in [2.24, 2.45) is 0 Å². The zero-order chi connectivity index (χ0) is 14.4. The van der Waals surface area contributed by atoms with Crippen LogP contribution in [0, 0.1) is 0 Å². The van der Waals surface area contributed by atoms with Crippen molar-refractivity contribution in [3.05, 3.63) is 66.9 Å². The van der Waals surface area contributed by atoms with E-state index in [0.29, 0.717) is 11.3 Å². The maximum absolute atomic E-state index is 12.7. The van der Waals surface area contributed by atoms with E-state index >= 15 is 0 Å². The molecule has 5 nitrogen and oxygen atoms in total. The van der Waals surface area contributed by atoms with Crippen molar-refractivity contribution in [2.75, 3.05) is 5.73 Å². The van der Waals surface area contributed by atoms with Gasteiger partial charge in [0.2, 0.25) is 0 Å². The normalized spacial score (nSPS) is 11.2. The van der Waals surface area contributed by atoms with Crippen LogP contribution in [0.1, 0.15) is 10.4 Å². The summed E-state index contributed by atoms with van der Waals surface area (Å²) in [5.41, 5.74) is 8.92. The number of nitrogens with two attached hydrogens (primary N) is 1. The maximum atomic E-state index is 12.7. The summed E-state index contributed by atoms with van der Waals surface area (Å²) in [6.45, 7) is 0. The molecule has 0 amide bonds. The SMILES string of the molecule is Nc1cccc2c1ccn2C(=O)c1ccn2cncc2c1. The van der Waals surface area contributed by atoms with E-state index in [-0.39, 0.29) is 5.91 Å². The maximum Gasteiger partial charge on any atom is 0.262 e. The average molecular weight is 276 g/mol. The van der Waals surface area contributed by atoms with Gasteiger partial charge in [0, 0.05) is 29.0 Å². The van der Waals surface area contributed by atoms with Gasteiger partial charge >= 0.3 is 0 Å². The van der Waals surface area contributed by atoms with Crippen LogP contribution in [0.5, 0.6) is 0 Å². The summed E-state index contributed by atoms with van der Waals surface area (Å²) in [5.74, 6) is -0.0840. The Morgan fingerprint density at radius 2 is 2.05 bits per heavy atom. The second kappa shape index (κ2) is 4.21. The number of aromatic nitrogens is 3. The Morgan fingerprint density at radius 1 is 1.14 bits per heavy atom. The van der Waals surface area contributed by atoms with Crippen molar-refractivity contribution in [1.29, 1.82) is 0 Å². The lowest BCUT2D eigenvalue weighted by Crippen LogP contribution is -2.10. The van der Waals surface area contributed by atoms with Gasteiger partial charge in [-0.15, -0.1) is 0 Å². The lowest BCUT2D eigenvalue weighted by Gasteiger charge is -2.05. The molecule has 0 saturated heterocycles. The van der Waals surface area contributed by atoms with Gasteiger partial charge in [0.15, 0.2) is 0 Å². The molecule has 0 fully saturated rings. The molecule has 0 radical (unpaired) electrons. The van der Waals surface area contributed by atoms with Crippen molar-refractivity contribution >= 4 is 28.0 Å². The van der Waals surface area contributed by atoms with Crippen molar-refractivity contribution in [2.45, 2.75) is 0 Å². The summed E-state index contributed by atoms with van der Waals surface area (Å²) >= 11 is 0. The third-order valence-electron chi connectivity index (χ3n) is 3.65. The Kier molecular flexibility index (Phi) is 2.35. The van der Waals surface area contributed by atoms with Crippen LogP contribution in [0.2, 0.25) is 0 Å². The van der Waals surface area contributed by atoms with Crippen LogP contribution >= 0.6 is 0 Å². The monoisotopic (exact) mass is 276 g/mol. The van der Waals surface area contributed by atoms with Gasteiger partial charge in [-0.2, -0.15) is 0 Å². The van der Waals surface area contributed by atoms with Crippen LogP contribution in [0.15, 0.2) is 61.3 Å². The zero-order valence-corrected chi connectivity index (χ0v) is 11.1. The lowest BCUT2D eigenvalue weighted by atomic mass is 10.2. The molecule has 2 N–H and O–H groups in total. The Bertz CT molecular complexity index is 980. The minimum atomic E-state index is -0.0840. The van der Waals surface area contributed by atoms with Gasteiger partial charge in [0.25, 0.3) is 5.91 Å². The largest absolute Gasteiger partial charge is 0.398 e. The molecule has 0 bridgehead atoms. The first-order valence-electron chi connectivity index (χ1n) is 6.56. The zero-order valence-electron chi connectivity index (χ0n) is 11.1. The number of hydrogen-bond acceptors (Lipinski definition) is 3. The molecule has 1 aromatic carbocycles. The molecular weight excluding hydrogens is 264 g/mol. The van der Waals surface area contributed by atoms with E-state index < -0.39 is 0 Å². The quantitative estimate of drug-likeness (QED) is 0.543. The predicted molar refractivity (Wildman–Crippen MR) is 81.3 cm³/mol. The number of anilines is 1. The molecular formula is C16H12N4O. The number of carbonyl (C=O) groups is 1. The van der Waals surface area contributed by atoms with E-state index in [1.807, 2.05) is 40.9 Å². The second-order valence-electron chi connectivity index (χ2n) is 4.91. The average Bonchev–Trinajstić information content (AvgIpc) is 3.13. The van der Waals surface area contributed by atoms with Gasteiger partial charge < -0.3 is 10.1 Å². The van der Waals surface area contributed by atoms with Gasteiger partial charge in [-0.3, -0.25) is 9.36 Å². The van der Waals surface area contributed by atoms with E-state index in [4.69, 9.17) is 5.73 Å². The number of fused-ring (bicyclic) bond motifs is 2. The van der Waals surface area contributed by atoms with Crippen molar-refractivity contribution in [3.8, 4) is 0 Å². The molecule has 102 valence electrons. The van der Waals surface area contributed by atoms with Crippen LogP contribution in [0.25, 0.3) is 16.4 Å². The number of carbonyl (C=O) groups excluding carboxylic acids is 1. The predicted octanol–water partition coefficient (Wildman–Crippen LogP) is 2.56. The van der Waals surface area contributed by atoms with Gasteiger partial charge in [-0.1, -0.05) is 6.07 Å². The number of pyridine rings is 1. The third kappa shape index (κ3) is 1.71. The Hall–Kier alpha value is -3.08. The van der Waals surface area contributed by atoms with E-state index in [2.05, 4.69) is 4.98 Å². The smallest absolute Gasteiger partial charge is 0.262 e. The van der Waals surface area contributed by atoms with E-state index in [1.54, 1.807) is 29.4 Å². The highest BCUT2D eigenvalue weighted by molar-refractivity contribution is 6.04. The van der Waals surface area contributed by atoms with Crippen LogP contribution in [-0.2, 0) is 0 Å². The van der Waals surface area contributed by atoms with Crippen LogP contribution in [-0.4, -0.2) is 19.9 Å². The molecule has 3 heterocycles. The summed E-state index contributed by atoms with van der Waals surface area (Å²) < 4.78 is 3.48. The number of rotatable bonds is 1. The number of nitrogen functional groups attached to an aromatic ring is 1. The number of imidazole rings is 1. The Morgan fingerprint density at radius 3 is 2.95 bits per heavy atom. The summed E-state index contributed by atoms with van der Waals surface area (Å²) in [6.07, 6.45) is 7.01. The van der Waals surface area contributed by atoms with Crippen molar-refractivity contribution in [1.82, 2.24) is 14.0 Å². The minimum absolute atomic E-state index is 0.0840. The molecule has 21 heavy (non-hydrogen) atoms. The van der Waals surface area contributed by atoms with Crippen LogP contribution < -0.4 is 5.73 Å². The first kappa shape index (κ1) is 11.7. The Labute approximate surface area is 120 Å². The molecule has 0 saturated carbocycles. The molecule has 4 rings (SSSR count). The van der Waals surface area contributed by atoms with E-state index in [9.17, 15) is 4.79 Å². The second-order valence-corrected chi connectivity index (χ2v) is 4.91. The highest BCUT2D eigenvalue weighted by Crippen LogP contribution is 2.23. The number of nitrogens with zero attached hydrogens (tertiary/aromatic N) is 3. The first-order valence-corrected chi connectivity index (χ1v) is 6.56. The molecule has 0 atom stereocenters. The van der Waals surface area contributed by atoms with Gasteiger partial charge in [0.05, 0.1) is 23.6 Å². The fourth-order valence-corrected chi connectivity index (χ4v) is 2.56. The molecule has 0 aliphatic rings. The topological polar surface area (TPSA) is 65.3 Å². The number of hydrogen-bond donors (Lipinski definition) is 1. The first-order chi connectivity index (χ1) is 10.2. The molecule has 0 unspecified atom stereocenters. The molecule has 4 aromatic rings. The van der Waals surface area contributed by atoms with Crippen molar-refractivity contribution < 1.29 is 4.79 Å². The summed E-state index contributed by atoms with van der Waals surface area (Å²) in [6, 6.07) is 11.0. The van der Waals surface area contributed by atoms with E-state index in [0.717, 1.165) is 16.4 Å².